The lowest BCUT2D eigenvalue weighted by molar-refractivity contribution is 0.405. The van der Waals surface area contributed by atoms with Gasteiger partial charge < -0.3 is 10.5 Å². The van der Waals surface area contributed by atoms with Gasteiger partial charge in [-0.2, -0.15) is 0 Å². The van der Waals surface area contributed by atoms with Crippen molar-refractivity contribution in [2.75, 3.05) is 12.8 Å². The number of methoxy groups -OCH3 is 1. The third-order valence-electron chi connectivity index (χ3n) is 2.52. The Morgan fingerprint density at radius 3 is 2.78 bits per heavy atom. The number of ether oxygens (including phenoxy) is 1. The topological polar surface area (TPSA) is 35.2 Å². The van der Waals surface area contributed by atoms with Crippen molar-refractivity contribution in [3.63, 3.8) is 0 Å². The maximum Gasteiger partial charge on any atom is 0.132 e. The molecule has 0 saturated carbocycles. The number of rotatable bonds is 4. The fraction of sp³-hybridized carbons (Fsp3) is 0.143. The van der Waals surface area contributed by atoms with E-state index in [2.05, 4.69) is 0 Å². The van der Waals surface area contributed by atoms with E-state index >= 15 is 0 Å². The van der Waals surface area contributed by atoms with Crippen LogP contribution in [0.15, 0.2) is 47.4 Å². The minimum absolute atomic E-state index is 0.732. The highest BCUT2D eigenvalue weighted by molar-refractivity contribution is 7.98. The smallest absolute Gasteiger partial charge is 0.132 e. The quantitative estimate of drug-likeness (QED) is 0.672. The molecule has 0 bridgehead atoms. The van der Waals surface area contributed by atoms with Gasteiger partial charge in [0.15, 0.2) is 0 Å². The van der Waals surface area contributed by atoms with Crippen LogP contribution in [0.25, 0.3) is 0 Å². The zero-order chi connectivity index (χ0) is 13.0. The molecule has 4 heteroatoms. The third kappa shape index (κ3) is 3.12. The first-order chi connectivity index (χ1) is 8.70. The van der Waals surface area contributed by atoms with Crippen LogP contribution < -0.4 is 10.5 Å². The summed E-state index contributed by atoms with van der Waals surface area (Å²) in [5, 5.41) is 0.742. The van der Waals surface area contributed by atoms with Crippen LogP contribution in [0.4, 0.5) is 5.69 Å². The number of nitrogen functional groups attached to an aromatic ring is 1. The number of benzene rings is 2. The van der Waals surface area contributed by atoms with E-state index in [1.807, 2.05) is 36.4 Å². The molecular formula is C14H14ClNOS. The second-order valence-electron chi connectivity index (χ2n) is 3.79. The Labute approximate surface area is 116 Å². The van der Waals surface area contributed by atoms with E-state index in [0.717, 1.165) is 32.7 Å². The van der Waals surface area contributed by atoms with Crippen molar-refractivity contribution in [1.29, 1.82) is 0 Å². The standard InChI is InChI=1S/C14H14ClNOS/c1-17-13-4-2-3-5-14(13)18-9-10-8-11(16)6-7-12(10)15/h2-8H,9,16H2,1H3. The van der Waals surface area contributed by atoms with E-state index in [-0.39, 0.29) is 0 Å². The predicted octanol–water partition coefficient (Wildman–Crippen LogP) is 4.22. The maximum absolute atomic E-state index is 6.14. The minimum Gasteiger partial charge on any atom is -0.496 e. The summed E-state index contributed by atoms with van der Waals surface area (Å²) in [5.41, 5.74) is 7.53. The zero-order valence-electron chi connectivity index (χ0n) is 10.0. The van der Waals surface area contributed by atoms with Crippen molar-refractivity contribution in [2.45, 2.75) is 10.6 Å². The van der Waals surface area contributed by atoms with Gasteiger partial charge in [0.05, 0.1) is 7.11 Å². The summed E-state index contributed by atoms with van der Waals surface area (Å²) in [5.74, 6) is 1.65. The molecule has 2 N–H and O–H groups in total. The highest BCUT2D eigenvalue weighted by Gasteiger charge is 2.05. The van der Waals surface area contributed by atoms with E-state index in [9.17, 15) is 0 Å². The molecule has 18 heavy (non-hydrogen) atoms. The van der Waals surface area contributed by atoms with Gasteiger partial charge in [-0.05, 0) is 35.9 Å². The molecule has 0 heterocycles. The van der Waals surface area contributed by atoms with Gasteiger partial charge >= 0.3 is 0 Å². The Morgan fingerprint density at radius 2 is 2.00 bits per heavy atom. The van der Waals surface area contributed by atoms with E-state index in [1.54, 1.807) is 24.9 Å². The van der Waals surface area contributed by atoms with Crippen LogP contribution in [0.1, 0.15) is 5.56 Å². The van der Waals surface area contributed by atoms with Gasteiger partial charge in [-0.3, -0.25) is 0 Å². The van der Waals surface area contributed by atoms with Crippen molar-refractivity contribution in [2.24, 2.45) is 0 Å². The van der Waals surface area contributed by atoms with Crippen LogP contribution in [0, 0.1) is 0 Å². The Kier molecular flexibility index (Phi) is 4.39. The van der Waals surface area contributed by atoms with Crippen LogP contribution in [0.2, 0.25) is 5.02 Å². The molecule has 0 unspecified atom stereocenters. The SMILES string of the molecule is COc1ccccc1SCc1cc(N)ccc1Cl. The monoisotopic (exact) mass is 279 g/mol. The molecule has 2 aromatic carbocycles. The first-order valence-electron chi connectivity index (χ1n) is 5.50. The summed E-state index contributed by atoms with van der Waals surface area (Å²) in [6.07, 6.45) is 0. The fourth-order valence-corrected chi connectivity index (χ4v) is 2.88. The fourth-order valence-electron chi connectivity index (χ4n) is 1.60. The zero-order valence-corrected chi connectivity index (χ0v) is 11.6. The highest BCUT2D eigenvalue weighted by atomic mass is 35.5. The van der Waals surface area contributed by atoms with Crippen LogP contribution in [0.5, 0.6) is 5.75 Å². The molecule has 2 rings (SSSR count). The first-order valence-corrected chi connectivity index (χ1v) is 6.87. The molecule has 2 aromatic rings. The number of nitrogens with two attached hydrogens (primary N) is 1. The molecule has 0 aliphatic rings. The van der Waals surface area contributed by atoms with Crippen LogP contribution in [0.3, 0.4) is 0 Å². The molecule has 0 spiro atoms. The highest BCUT2D eigenvalue weighted by Crippen LogP contribution is 2.33. The maximum atomic E-state index is 6.14. The van der Waals surface area contributed by atoms with Crippen LogP contribution >= 0.6 is 23.4 Å². The molecule has 0 saturated heterocycles. The van der Waals surface area contributed by atoms with E-state index in [1.165, 1.54) is 0 Å². The van der Waals surface area contributed by atoms with Crippen molar-refractivity contribution in [1.82, 2.24) is 0 Å². The Balaban J connectivity index is 2.14. The molecule has 0 amide bonds. The molecule has 0 aliphatic heterocycles. The van der Waals surface area contributed by atoms with E-state index in [0.29, 0.717) is 0 Å². The van der Waals surface area contributed by atoms with Crippen LogP contribution in [-0.2, 0) is 5.75 Å². The molecular weight excluding hydrogens is 266 g/mol. The van der Waals surface area contributed by atoms with Gasteiger partial charge in [-0.1, -0.05) is 23.7 Å². The average molecular weight is 280 g/mol. The summed E-state index contributed by atoms with van der Waals surface area (Å²) < 4.78 is 5.31. The number of hydrogen-bond acceptors (Lipinski definition) is 3. The van der Waals surface area contributed by atoms with Crippen molar-refractivity contribution >= 4 is 29.1 Å². The van der Waals surface area contributed by atoms with E-state index in [4.69, 9.17) is 22.1 Å². The summed E-state index contributed by atoms with van der Waals surface area (Å²) in [6, 6.07) is 13.5. The lowest BCUT2D eigenvalue weighted by Crippen LogP contribution is -1.90. The summed E-state index contributed by atoms with van der Waals surface area (Å²) >= 11 is 7.82. The molecule has 0 fully saturated rings. The molecule has 2 nitrogen and oxygen atoms in total. The van der Waals surface area contributed by atoms with Crippen LogP contribution in [-0.4, -0.2) is 7.11 Å². The molecule has 0 atom stereocenters. The molecule has 0 aromatic heterocycles. The van der Waals surface area contributed by atoms with Crippen molar-refractivity contribution in [3.05, 3.63) is 53.1 Å². The Bertz CT molecular complexity index is 545. The van der Waals surface area contributed by atoms with Gasteiger partial charge in [0.25, 0.3) is 0 Å². The average Bonchev–Trinajstić information content (AvgIpc) is 2.40. The first kappa shape index (κ1) is 13.1. The number of hydrogen-bond donors (Lipinski definition) is 1. The molecule has 94 valence electrons. The Morgan fingerprint density at radius 1 is 1.22 bits per heavy atom. The number of para-hydroxylation sites is 1. The number of anilines is 1. The number of thioether (sulfide) groups is 1. The van der Waals surface area contributed by atoms with Gasteiger partial charge in [0, 0.05) is 21.4 Å². The molecule has 0 aliphatic carbocycles. The second kappa shape index (κ2) is 6.03. The van der Waals surface area contributed by atoms with Gasteiger partial charge in [0.1, 0.15) is 5.75 Å². The third-order valence-corrected chi connectivity index (χ3v) is 3.99. The lowest BCUT2D eigenvalue weighted by Gasteiger charge is -2.09. The summed E-state index contributed by atoms with van der Waals surface area (Å²) in [6.45, 7) is 0. The normalized spacial score (nSPS) is 10.3. The predicted molar refractivity (Wildman–Crippen MR) is 78.4 cm³/mol. The Hall–Kier alpha value is -1.32. The second-order valence-corrected chi connectivity index (χ2v) is 5.21. The van der Waals surface area contributed by atoms with Crippen molar-refractivity contribution < 1.29 is 4.74 Å². The van der Waals surface area contributed by atoms with Gasteiger partial charge in [-0.25, -0.2) is 0 Å². The van der Waals surface area contributed by atoms with E-state index < -0.39 is 0 Å². The number of halogens is 1. The minimum atomic E-state index is 0.732. The lowest BCUT2D eigenvalue weighted by atomic mass is 10.2. The van der Waals surface area contributed by atoms with Crippen molar-refractivity contribution in [3.8, 4) is 5.75 Å². The van der Waals surface area contributed by atoms with Gasteiger partial charge in [0.2, 0.25) is 0 Å². The van der Waals surface area contributed by atoms with Gasteiger partial charge in [-0.15, -0.1) is 11.8 Å². The molecule has 0 radical (unpaired) electrons. The summed E-state index contributed by atoms with van der Waals surface area (Å²) in [4.78, 5) is 1.10. The summed E-state index contributed by atoms with van der Waals surface area (Å²) in [7, 11) is 1.67. The largest absolute Gasteiger partial charge is 0.496 e.